The van der Waals surface area contributed by atoms with Crippen molar-refractivity contribution in [2.75, 3.05) is 36.8 Å². The van der Waals surface area contributed by atoms with Crippen molar-refractivity contribution in [1.29, 1.82) is 0 Å². The fraction of sp³-hybridized carbons (Fsp3) is 0.333. The van der Waals surface area contributed by atoms with E-state index in [1.165, 1.54) is 6.33 Å². The zero-order chi connectivity index (χ0) is 18.1. The van der Waals surface area contributed by atoms with Crippen LogP contribution in [-0.4, -0.2) is 56.6 Å². The van der Waals surface area contributed by atoms with E-state index >= 15 is 0 Å². The molecule has 8 heteroatoms. The van der Waals surface area contributed by atoms with Gasteiger partial charge in [0.1, 0.15) is 12.1 Å². The van der Waals surface area contributed by atoms with Crippen molar-refractivity contribution < 1.29 is 4.79 Å². The van der Waals surface area contributed by atoms with Crippen molar-refractivity contribution in [2.45, 2.75) is 13.3 Å². The van der Waals surface area contributed by atoms with Crippen molar-refractivity contribution >= 4 is 23.2 Å². The quantitative estimate of drug-likeness (QED) is 0.705. The van der Waals surface area contributed by atoms with Crippen LogP contribution in [0.15, 0.2) is 36.7 Å². The van der Waals surface area contributed by atoms with E-state index in [4.69, 9.17) is 5.73 Å². The molecule has 0 spiro atoms. The number of benzene rings is 1. The Balaban J connectivity index is 1.42. The van der Waals surface area contributed by atoms with E-state index in [1.54, 1.807) is 4.52 Å². The Morgan fingerprint density at radius 1 is 1.15 bits per heavy atom. The van der Waals surface area contributed by atoms with Crippen LogP contribution >= 0.6 is 0 Å². The molecule has 134 valence electrons. The Hall–Kier alpha value is -3.16. The number of amides is 1. The van der Waals surface area contributed by atoms with Gasteiger partial charge in [0.2, 0.25) is 5.91 Å². The number of hydrogen-bond acceptors (Lipinski definition) is 6. The van der Waals surface area contributed by atoms with Gasteiger partial charge in [-0.15, -0.1) is 0 Å². The Labute approximate surface area is 151 Å². The molecule has 26 heavy (non-hydrogen) atoms. The first kappa shape index (κ1) is 16.3. The van der Waals surface area contributed by atoms with E-state index in [0.717, 1.165) is 30.2 Å². The van der Waals surface area contributed by atoms with Crippen LogP contribution in [0.4, 0.5) is 11.5 Å². The summed E-state index contributed by atoms with van der Waals surface area (Å²) in [6.45, 7) is 4.83. The van der Waals surface area contributed by atoms with Crippen LogP contribution in [0.5, 0.6) is 0 Å². The van der Waals surface area contributed by atoms with Crippen LogP contribution in [0, 0.1) is 6.92 Å². The third-order valence-corrected chi connectivity index (χ3v) is 4.65. The molecule has 0 atom stereocenters. The zero-order valence-corrected chi connectivity index (χ0v) is 14.7. The molecule has 3 heterocycles. The highest BCUT2D eigenvalue weighted by atomic mass is 16.2. The monoisotopic (exact) mass is 351 g/mol. The van der Waals surface area contributed by atoms with Crippen LogP contribution in [-0.2, 0) is 11.2 Å². The van der Waals surface area contributed by atoms with Gasteiger partial charge in [-0.05, 0) is 24.6 Å². The molecule has 4 rings (SSSR count). The summed E-state index contributed by atoms with van der Waals surface area (Å²) in [5.74, 6) is 1.71. The van der Waals surface area contributed by atoms with Gasteiger partial charge in [0, 0.05) is 43.6 Å². The van der Waals surface area contributed by atoms with E-state index < -0.39 is 0 Å². The fourth-order valence-corrected chi connectivity index (χ4v) is 3.24. The second kappa shape index (κ2) is 6.62. The number of hydrogen-bond donors (Lipinski definition) is 1. The number of fused-ring (bicyclic) bond motifs is 1. The number of rotatable bonds is 3. The SMILES string of the molecule is Cc1cc(N2CCN(C(=O)Cc3ccc(N)cc3)CC2)n2ncnc2n1. The maximum atomic E-state index is 12.6. The lowest BCUT2D eigenvalue weighted by molar-refractivity contribution is -0.130. The molecule has 0 bridgehead atoms. The maximum absolute atomic E-state index is 12.6. The third-order valence-electron chi connectivity index (χ3n) is 4.65. The van der Waals surface area contributed by atoms with Crippen LogP contribution in [0.3, 0.4) is 0 Å². The van der Waals surface area contributed by atoms with E-state index in [0.29, 0.717) is 31.0 Å². The summed E-state index contributed by atoms with van der Waals surface area (Å²) in [4.78, 5) is 25.2. The van der Waals surface area contributed by atoms with Crippen LogP contribution in [0.2, 0.25) is 0 Å². The zero-order valence-electron chi connectivity index (χ0n) is 14.7. The van der Waals surface area contributed by atoms with Gasteiger partial charge >= 0.3 is 0 Å². The molecule has 1 aliphatic heterocycles. The molecule has 1 saturated heterocycles. The second-order valence-corrected chi connectivity index (χ2v) is 6.51. The molecule has 8 nitrogen and oxygen atoms in total. The minimum Gasteiger partial charge on any atom is -0.399 e. The molecule has 0 unspecified atom stereocenters. The first-order valence-electron chi connectivity index (χ1n) is 8.65. The lowest BCUT2D eigenvalue weighted by atomic mass is 10.1. The molecular formula is C18H21N7O. The normalized spacial score (nSPS) is 14.8. The first-order chi connectivity index (χ1) is 12.6. The first-order valence-corrected chi connectivity index (χ1v) is 8.65. The number of carbonyl (C=O) groups is 1. The summed E-state index contributed by atoms with van der Waals surface area (Å²) in [7, 11) is 0. The molecule has 1 aliphatic rings. The number of nitrogen functional groups attached to an aromatic ring is 1. The van der Waals surface area contributed by atoms with Gasteiger partial charge in [0.25, 0.3) is 5.78 Å². The average molecular weight is 351 g/mol. The van der Waals surface area contributed by atoms with Gasteiger partial charge in [-0.3, -0.25) is 4.79 Å². The summed E-state index contributed by atoms with van der Waals surface area (Å²) < 4.78 is 1.75. The van der Waals surface area contributed by atoms with E-state index in [-0.39, 0.29) is 5.91 Å². The number of aryl methyl sites for hydroxylation is 1. The summed E-state index contributed by atoms with van der Waals surface area (Å²) in [6.07, 6.45) is 1.92. The third kappa shape index (κ3) is 3.17. The topological polar surface area (TPSA) is 92.7 Å². The van der Waals surface area contributed by atoms with Crippen molar-refractivity contribution in [1.82, 2.24) is 24.5 Å². The predicted molar refractivity (Wildman–Crippen MR) is 98.9 cm³/mol. The van der Waals surface area contributed by atoms with Gasteiger partial charge in [0.05, 0.1) is 6.42 Å². The number of aromatic nitrogens is 4. The molecular weight excluding hydrogens is 330 g/mol. The highest BCUT2D eigenvalue weighted by Gasteiger charge is 2.23. The number of carbonyl (C=O) groups excluding carboxylic acids is 1. The van der Waals surface area contributed by atoms with Gasteiger partial charge in [-0.2, -0.15) is 14.6 Å². The Morgan fingerprint density at radius 3 is 2.62 bits per heavy atom. The van der Waals surface area contributed by atoms with E-state index in [1.807, 2.05) is 42.2 Å². The minimum atomic E-state index is 0.145. The van der Waals surface area contributed by atoms with Gasteiger partial charge in [0.15, 0.2) is 0 Å². The van der Waals surface area contributed by atoms with E-state index in [9.17, 15) is 4.79 Å². The van der Waals surface area contributed by atoms with E-state index in [2.05, 4.69) is 20.0 Å². The Morgan fingerprint density at radius 2 is 1.88 bits per heavy atom. The van der Waals surface area contributed by atoms with Crippen LogP contribution in [0.1, 0.15) is 11.3 Å². The van der Waals surface area contributed by atoms with Gasteiger partial charge in [-0.25, -0.2) is 4.98 Å². The number of nitrogens with zero attached hydrogens (tertiary/aromatic N) is 6. The molecule has 1 fully saturated rings. The molecule has 1 aromatic carbocycles. The van der Waals surface area contributed by atoms with Crippen LogP contribution in [0.25, 0.3) is 5.78 Å². The highest BCUT2D eigenvalue weighted by molar-refractivity contribution is 5.79. The second-order valence-electron chi connectivity index (χ2n) is 6.51. The molecule has 0 aliphatic carbocycles. The van der Waals surface area contributed by atoms with Crippen molar-refractivity contribution in [3.8, 4) is 0 Å². The van der Waals surface area contributed by atoms with Crippen molar-refractivity contribution in [3.63, 3.8) is 0 Å². The number of anilines is 2. The summed E-state index contributed by atoms with van der Waals surface area (Å²) in [5.41, 5.74) is 8.30. The number of piperazine rings is 1. The molecule has 0 saturated carbocycles. The van der Waals surface area contributed by atoms with Crippen molar-refractivity contribution in [2.24, 2.45) is 0 Å². The van der Waals surface area contributed by atoms with Gasteiger partial charge in [-0.1, -0.05) is 12.1 Å². The smallest absolute Gasteiger partial charge is 0.254 e. The molecule has 2 N–H and O–H groups in total. The molecule has 0 radical (unpaired) electrons. The molecule has 1 amide bonds. The fourth-order valence-electron chi connectivity index (χ4n) is 3.24. The molecule has 3 aromatic rings. The highest BCUT2D eigenvalue weighted by Crippen LogP contribution is 2.18. The summed E-state index contributed by atoms with van der Waals surface area (Å²) in [5, 5.41) is 4.26. The lowest BCUT2D eigenvalue weighted by Gasteiger charge is -2.36. The van der Waals surface area contributed by atoms with Gasteiger partial charge < -0.3 is 15.5 Å². The lowest BCUT2D eigenvalue weighted by Crippen LogP contribution is -2.49. The van der Waals surface area contributed by atoms with Crippen molar-refractivity contribution in [3.05, 3.63) is 47.9 Å². The summed E-state index contributed by atoms with van der Waals surface area (Å²) >= 11 is 0. The average Bonchev–Trinajstić information content (AvgIpc) is 3.11. The largest absolute Gasteiger partial charge is 0.399 e. The Kier molecular flexibility index (Phi) is 4.16. The predicted octanol–water partition coefficient (Wildman–Crippen LogP) is 0.906. The summed E-state index contributed by atoms with van der Waals surface area (Å²) in [6, 6.07) is 9.48. The molecule has 2 aromatic heterocycles. The Bertz CT molecular complexity index is 926. The number of nitrogens with two attached hydrogens (primary N) is 1. The maximum Gasteiger partial charge on any atom is 0.254 e. The van der Waals surface area contributed by atoms with Crippen LogP contribution < -0.4 is 10.6 Å². The standard InChI is InChI=1S/C18H21N7O/c1-13-10-16(25-18(22-13)20-12-21-25)23-6-8-24(9-7-23)17(26)11-14-2-4-15(19)5-3-14/h2-5,10,12H,6-9,11,19H2,1H3. The minimum absolute atomic E-state index is 0.145.